The number of rotatable bonds is 3. The fourth-order valence-corrected chi connectivity index (χ4v) is 3.79. The van der Waals surface area contributed by atoms with Crippen molar-refractivity contribution in [2.75, 3.05) is 12.0 Å². The number of ether oxygens (including phenoxy) is 1. The average Bonchev–Trinajstić information content (AvgIpc) is 3.21. The molecule has 0 spiro atoms. The number of hydrogen-bond donors (Lipinski definition) is 0. The number of halogens is 2. The molecule has 2 amide bonds. The summed E-state index contributed by atoms with van der Waals surface area (Å²) in [5.74, 6) is -2.82. The maximum atomic E-state index is 13.1. The standard InChI is InChI=1S/C19H12Cl2N2O5/c1-27-19(26)11-4-2-3-5-13(11)23-17(24)14-15(22-28-16(14)18(23)25)10-7-6-9(20)8-12(10)21/h2-8,14,16H,1H3/t14-,16+/m0/s1. The summed E-state index contributed by atoms with van der Waals surface area (Å²) in [7, 11) is 1.22. The molecule has 2 aliphatic heterocycles. The zero-order chi connectivity index (χ0) is 20.0. The highest BCUT2D eigenvalue weighted by atomic mass is 35.5. The lowest BCUT2D eigenvalue weighted by atomic mass is 9.94. The van der Waals surface area contributed by atoms with Crippen LogP contribution in [0.1, 0.15) is 15.9 Å². The molecule has 2 aliphatic rings. The minimum absolute atomic E-state index is 0.0923. The summed E-state index contributed by atoms with van der Waals surface area (Å²) in [6, 6.07) is 10.9. The first-order valence-electron chi connectivity index (χ1n) is 8.18. The molecule has 1 saturated heterocycles. The predicted octanol–water partition coefficient (Wildman–Crippen LogP) is 3.07. The molecule has 1 fully saturated rings. The summed E-state index contributed by atoms with van der Waals surface area (Å²) in [6.45, 7) is 0. The molecule has 7 nitrogen and oxygen atoms in total. The lowest BCUT2D eigenvalue weighted by Gasteiger charge is -2.18. The molecule has 0 bridgehead atoms. The van der Waals surface area contributed by atoms with Crippen LogP contribution in [-0.2, 0) is 19.2 Å². The predicted molar refractivity (Wildman–Crippen MR) is 102 cm³/mol. The van der Waals surface area contributed by atoms with Crippen molar-refractivity contribution in [2.24, 2.45) is 11.1 Å². The Bertz CT molecular complexity index is 1050. The van der Waals surface area contributed by atoms with Gasteiger partial charge in [0, 0.05) is 10.6 Å². The number of carbonyl (C=O) groups excluding carboxylic acids is 3. The Morgan fingerprint density at radius 1 is 1.14 bits per heavy atom. The number of amides is 2. The molecule has 142 valence electrons. The van der Waals surface area contributed by atoms with Gasteiger partial charge < -0.3 is 9.57 Å². The molecule has 0 unspecified atom stereocenters. The summed E-state index contributed by atoms with van der Waals surface area (Å²) in [5, 5.41) is 4.62. The van der Waals surface area contributed by atoms with Crippen LogP contribution in [0.2, 0.25) is 10.0 Å². The second kappa shape index (κ2) is 6.92. The quantitative estimate of drug-likeness (QED) is 0.564. The van der Waals surface area contributed by atoms with E-state index in [-0.39, 0.29) is 22.0 Å². The molecule has 9 heteroatoms. The zero-order valence-corrected chi connectivity index (χ0v) is 15.9. The highest BCUT2D eigenvalue weighted by molar-refractivity contribution is 6.39. The highest BCUT2D eigenvalue weighted by Crippen LogP contribution is 2.38. The van der Waals surface area contributed by atoms with E-state index in [9.17, 15) is 14.4 Å². The topological polar surface area (TPSA) is 85.3 Å². The van der Waals surface area contributed by atoms with Gasteiger partial charge in [0.2, 0.25) is 12.0 Å². The van der Waals surface area contributed by atoms with E-state index < -0.39 is 29.8 Å². The summed E-state index contributed by atoms with van der Waals surface area (Å²) < 4.78 is 4.75. The van der Waals surface area contributed by atoms with Gasteiger partial charge in [-0.2, -0.15) is 0 Å². The fourth-order valence-electron chi connectivity index (χ4n) is 3.29. The summed E-state index contributed by atoms with van der Waals surface area (Å²) in [5.41, 5.74) is 0.907. The van der Waals surface area contributed by atoms with Crippen molar-refractivity contribution in [2.45, 2.75) is 6.10 Å². The molecule has 0 saturated carbocycles. The number of esters is 1. The third-order valence-corrected chi connectivity index (χ3v) is 5.12. The third kappa shape index (κ3) is 2.75. The monoisotopic (exact) mass is 418 g/mol. The van der Waals surface area contributed by atoms with Crippen molar-refractivity contribution in [1.29, 1.82) is 0 Å². The second-order valence-corrected chi connectivity index (χ2v) is 6.97. The molecule has 0 radical (unpaired) electrons. The van der Waals surface area contributed by atoms with Crippen LogP contribution < -0.4 is 4.90 Å². The van der Waals surface area contributed by atoms with E-state index in [2.05, 4.69) is 5.16 Å². The minimum Gasteiger partial charge on any atom is -0.465 e. The van der Waals surface area contributed by atoms with E-state index in [1.807, 2.05) is 0 Å². The smallest absolute Gasteiger partial charge is 0.339 e. The van der Waals surface area contributed by atoms with E-state index >= 15 is 0 Å². The zero-order valence-electron chi connectivity index (χ0n) is 14.4. The summed E-state index contributed by atoms with van der Waals surface area (Å²) >= 11 is 12.2. The van der Waals surface area contributed by atoms with Crippen molar-refractivity contribution < 1.29 is 24.0 Å². The largest absolute Gasteiger partial charge is 0.465 e. The second-order valence-electron chi connectivity index (χ2n) is 6.12. The first kappa shape index (κ1) is 18.5. The first-order chi connectivity index (χ1) is 13.4. The van der Waals surface area contributed by atoms with Gasteiger partial charge in [0.05, 0.1) is 23.4 Å². The van der Waals surface area contributed by atoms with Crippen LogP contribution in [0, 0.1) is 5.92 Å². The maximum Gasteiger partial charge on any atom is 0.339 e. The average molecular weight is 419 g/mol. The Balaban J connectivity index is 1.75. The number of oxime groups is 1. The minimum atomic E-state index is -1.13. The third-order valence-electron chi connectivity index (χ3n) is 4.57. The molecule has 2 aromatic rings. The van der Waals surface area contributed by atoms with Gasteiger partial charge in [-0.1, -0.05) is 46.6 Å². The van der Waals surface area contributed by atoms with Crippen LogP contribution in [0.4, 0.5) is 5.69 Å². The number of benzene rings is 2. The Hall–Kier alpha value is -2.90. The molecule has 2 atom stereocenters. The van der Waals surface area contributed by atoms with Gasteiger partial charge in [-0.25, -0.2) is 9.69 Å². The number of hydrogen-bond acceptors (Lipinski definition) is 6. The lowest BCUT2D eigenvalue weighted by Crippen LogP contribution is -2.34. The Morgan fingerprint density at radius 2 is 1.89 bits per heavy atom. The van der Waals surface area contributed by atoms with Gasteiger partial charge in [0.25, 0.3) is 5.91 Å². The van der Waals surface area contributed by atoms with Crippen molar-refractivity contribution in [3.63, 3.8) is 0 Å². The Kier molecular flexibility index (Phi) is 4.56. The molecule has 0 aliphatic carbocycles. The first-order valence-corrected chi connectivity index (χ1v) is 8.94. The number of carbonyl (C=O) groups is 3. The number of imide groups is 1. The van der Waals surface area contributed by atoms with Crippen LogP contribution in [-0.4, -0.2) is 36.7 Å². The van der Waals surface area contributed by atoms with Gasteiger partial charge >= 0.3 is 5.97 Å². The van der Waals surface area contributed by atoms with E-state index in [1.54, 1.807) is 24.3 Å². The molecule has 2 aromatic carbocycles. The molecule has 0 aromatic heterocycles. The number of para-hydroxylation sites is 1. The molecule has 28 heavy (non-hydrogen) atoms. The van der Waals surface area contributed by atoms with Gasteiger partial charge in [0.15, 0.2) is 0 Å². The van der Waals surface area contributed by atoms with Crippen molar-refractivity contribution in [3.8, 4) is 0 Å². The molecular weight excluding hydrogens is 407 g/mol. The highest BCUT2D eigenvalue weighted by Gasteiger charge is 2.56. The van der Waals surface area contributed by atoms with Crippen LogP contribution in [0.3, 0.4) is 0 Å². The molecule has 2 heterocycles. The van der Waals surface area contributed by atoms with Gasteiger partial charge in [0.1, 0.15) is 11.6 Å². The Labute approximate surface area is 169 Å². The molecular formula is C19H12Cl2N2O5. The van der Waals surface area contributed by atoms with Crippen LogP contribution in [0.15, 0.2) is 47.6 Å². The molecule has 4 rings (SSSR count). The van der Waals surface area contributed by atoms with E-state index in [4.69, 9.17) is 32.8 Å². The number of nitrogens with zero attached hydrogens (tertiary/aromatic N) is 2. The van der Waals surface area contributed by atoms with Crippen LogP contribution in [0.5, 0.6) is 0 Å². The SMILES string of the molecule is COC(=O)c1ccccc1N1C(=O)[C@H]2C(c3ccc(Cl)cc3Cl)=NO[C@H]2C1=O. The maximum absolute atomic E-state index is 13.1. The van der Waals surface area contributed by atoms with Crippen LogP contribution in [0.25, 0.3) is 0 Å². The van der Waals surface area contributed by atoms with Crippen molar-refractivity contribution in [1.82, 2.24) is 0 Å². The fraction of sp³-hybridized carbons (Fsp3) is 0.158. The van der Waals surface area contributed by atoms with E-state index in [1.165, 1.54) is 25.3 Å². The number of fused-ring (bicyclic) bond motifs is 1. The van der Waals surface area contributed by atoms with Crippen LogP contribution >= 0.6 is 23.2 Å². The van der Waals surface area contributed by atoms with Crippen molar-refractivity contribution >= 4 is 52.4 Å². The molecule has 0 N–H and O–H groups in total. The number of anilines is 1. The van der Waals surface area contributed by atoms with Gasteiger partial charge in [-0.3, -0.25) is 9.59 Å². The number of methoxy groups -OCH3 is 1. The summed E-state index contributed by atoms with van der Waals surface area (Å²) in [4.78, 5) is 44.3. The lowest BCUT2D eigenvalue weighted by molar-refractivity contribution is -0.126. The summed E-state index contributed by atoms with van der Waals surface area (Å²) in [6.07, 6.45) is -1.13. The van der Waals surface area contributed by atoms with E-state index in [0.717, 1.165) is 4.90 Å². The Morgan fingerprint density at radius 3 is 2.61 bits per heavy atom. The van der Waals surface area contributed by atoms with Crippen molar-refractivity contribution in [3.05, 3.63) is 63.6 Å². The normalized spacial score (nSPS) is 20.7. The van der Waals surface area contributed by atoms with E-state index in [0.29, 0.717) is 10.6 Å². The van der Waals surface area contributed by atoms with Gasteiger partial charge in [-0.05, 0) is 24.3 Å². The van der Waals surface area contributed by atoms with Gasteiger partial charge in [-0.15, -0.1) is 0 Å².